The first-order valence-electron chi connectivity index (χ1n) is 14.5. The van der Waals surface area contributed by atoms with Crippen molar-refractivity contribution in [2.75, 3.05) is 43.2 Å². The zero-order chi connectivity index (χ0) is 32.1. The normalized spacial score (nSPS) is 11.2. The molecule has 0 aliphatic rings. The van der Waals surface area contributed by atoms with Gasteiger partial charge in [-0.15, -0.1) is 11.3 Å². The summed E-state index contributed by atoms with van der Waals surface area (Å²) in [6.45, 7) is 2.90. The van der Waals surface area contributed by atoms with Crippen LogP contribution < -0.4 is 16.0 Å². The lowest BCUT2D eigenvalue weighted by Crippen LogP contribution is -2.18. The van der Waals surface area contributed by atoms with E-state index in [9.17, 15) is 19.2 Å². The molecular formula is C32H35N7O5S. The first-order chi connectivity index (χ1) is 21.6. The predicted octanol–water partition coefficient (Wildman–Crippen LogP) is 5.01. The van der Waals surface area contributed by atoms with Crippen LogP contribution in [-0.4, -0.2) is 70.4 Å². The van der Waals surface area contributed by atoms with E-state index in [1.54, 1.807) is 49.0 Å². The molecule has 12 nitrogen and oxygen atoms in total. The first kappa shape index (κ1) is 31.4. The highest BCUT2D eigenvalue weighted by Crippen LogP contribution is 2.29. The van der Waals surface area contributed by atoms with E-state index in [0.29, 0.717) is 35.1 Å². The fourth-order valence-electron chi connectivity index (χ4n) is 4.84. The summed E-state index contributed by atoms with van der Waals surface area (Å²) in [5, 5.41) is 10.2. The molecule has 234 valence electrons. The van der Waals surface area contributed by atoms with Crippen LogP contribution in [-0.2, 0) is 27.8 Å². The van der Waals surface area contributed by atoms with Crippen LogP contribution in [0.1, 0.15) is 45.7 Å². The third kappa shape index (κ3) is 7.94. The minimum Gasteiger partial charge on any atom is -0.466 e. The summed E-state index contributed by atoms with van der Waals surface area (Å²) in [6, 6.07) is 14.6. The number of nitrogens with one attached hydrogen (secondary N) is 4. The van der Waals surface area contributed by atoms with E-state index in [2.05, 4.69) is 25.9 Å². The number of H-pyrrole nitrogens is 1. The van der Waals surface area contributed by atoms with Gasteiger partial charge in [0, 0.05) is 52.3 Å². The number of carbonyl (C=O) groups is 4. The largest absolute Gasteiger partial charge is 0.466 e. The number of nitrogens with zero attached hydrogens (tertiary/aromatic N) is 3. The Labute approximate surface area is 263 Å². The van der Waals surface area contributed by atoms with Gasteiger partial charge < -0.3 is 35.1 Å². The summed E-state index contributed by atoms with van der Waals surface area (Å²) in [7, 11) is 5.59. The molecular weight excluding hydrogens is 594 g/mol. The molecule has 0 atom stereocenters. The Hall–Kier alpha value is -5.01. The van der Waals surface area contributed by atoms with Crippen molar-refractivity contribution >= 4 is 73.2 Å². The summed E-state index contributed by atoms with van der Waals surface area (Å²) in [5.74, 6) is -0.681. The number of rotatable bonds is 12. The number of ether oxygens (including phenoxy) is 1. The Morgan fingerprint density at radius 3 is 2.44 bits per heavy atom. The highest BCUT2D eigenvalue weighted by molar-refractivity contribution is 7.20. The van der Waals surface area contributed by atoms with Crippen LogP contribution in [0.4, 0.5) is 17.2 Å². The van der Waals surface area contributed by atoms with E-state index in [1.807, 2.05) is 43.3 Å². The Balaban J connectivity index is 1.21. The van der Waals surface area contributed by atoms with Crippen LogP contribution >= 0.6 is 11.3 Å². The molecule has 0 radical (unpaired) electrons. The Kier molecular flexibility index (Phi) is 9.59. The lowest BCUT2D eigenvalue weighted by molar-refractivity contribution is -0.142. The number of carbonyl (C=O) groups excluding carboxylic acids is 4. The number of hydrogen-bond acceptors (Lipinski definition) is 8. The minimum absolute atomic E-state index is 0.146. The van der Waals surface area contributed by atoms with Gasteiger partial charge in [-0.2, -0.15) is 0 Å². The number of aromatic amines is 1. The second-order valence-corrected chi connectivity index (χ2v) is 11.9. The maximum Gasteiger partial charge on any atom is 0.311 e. The molecule has 0 unspecified atom stereocenters. The molecule has 0 spiro atoms. The number of esters is 1. The molecule has 4 N–H and O–H groups in total. The average molecular weight is 630 g/mol. The molecule has 0 saturated carbocycles. The van der Waals surface area contributed by atoms with Crippen LogP contribution in [0.2, 0.25) is 0 Å². The zero-order valence-corrected chi connectivity index (χ0v) is 26.3. The molecule has 3 amide bonds. The molecule has 3 aromatic heterocycles. The quantitative estimate of drug-likeness (QED) is 0.142. The fraction of sp³-hybridized carbons (Fsp3) is 0.281. The van der Waals surface area contributed by atoms with Crippen molar-refractivity contribution in [3.05, 3.63) is 71.1 Å². The molecule has 2 aromatic carbocycles. The van der Waals surface area contributed by atoms with Crippen molar-refractivity contribution in [2.24, 2.45) is 7.05 Å². The van der Waals surface area contributed by atoms with E-state index in [0.717, 1.165) is 39.6 Å². The van der Waals surface area contributed by atoms with Gasteiger partial charge in [0.25, 0.3) is 11.8 Å². The summed E-state index contributed by atoms with van der Waals surface area (Å²) in [4.78, 5) is 60.2. The molecule has 0 aliphatic carbocycles. The van der Waals surface area contributed by atoms with Gasteiger partial charge in [0.05, 0.1) is 17.9 Å². The number of amides is 3. The number of thiophene rings is 1. The SMILES string of the molecule is CCOC(=O)Cc1cc2cc(NC(=O)c3cc4cc(NC(=O)c5nc(NC(=O)CCCN(C)C)cn5C)ccc4s3)ccc2[nH]1. The summed E-state index contributed by atoms with van der Waals surface area (Å²) < 4.78 is 7.46. The maximum atomic E-state index is 13.1. The predicted molar refractivity (Wildman–Crippen MR) is 176 cm³/mol. The Morgan fingerprint density at radius 2 is 1.69 bits per heavy atom. The first-order valence-corrected chi connectivity index (χ1v) is 15.3. The lowest BCUT2D eigenvalue weighted by Gasteiger charge is -2.08. The molecule has 0 bridgehead atoms. The van der Waals surface area contributed by atoms with Crippen molar-refractivity contribution in [2.45, 2.75) is 26.2 Å². The number of fused-ring (bicyclic) bond motifs is 2. The molecule has 13 heteroatoms. The molecule has 5 rings (SSSR count). The minimum atomic E-state index is -0.427. The molecule has 0 fully saturated rings. The van der Waals surface area contributed by atoms with E-state index in [1.165, 1.54) is 11.3 Å². The molecule has 45 heavy (non-hydrogen) atoms. The summed E-state index contributed by atoms with van der Waals surface area (Å²) in [5.41, 5.74) is 2.76. The maximum absolute atomic E-state index is 13.1. The Morgan fingerprint density at radius 1 is 0.956 bits per heavy atom. The van der Waals surface area contributed by atoms with Gasteiger partial charge in [0.1, 0.15) is 0 Å². The van der Waals surface area contributed by atoms with Gasteiger partial charge in [-0.05, 0) is 87.9 Å². The standard InChI is InChI=1S/C32H35N7O5S/c1-5-44-29(41)17-23-14-19-13-21(8-10-24(19)33-23)34-31(42)26-16-20-15-22(9-11-25(20)45-26)35-32(43)30-37-27(18-39(30)4)36-28(40)7-6-12-38(2)3/h8-11,13-16,18,33H,5-7,12,17H2,1-4H3,(H,34,42)(H,35,43)(H,36,40). The van der Waals surface area contributed by atoms with Gasteiger partial charge in [0.15, 0.2) is 5.82 Å². The van der Waals surface area contributed by atoms with Gasteiger partial charge >= 0.3 is 5.97 Å². The van der Waals surface area contributed by atoms with Crippen molar-refractivity contribution in [1.29, 1.82) is 0 Å². The van der Waals surface area contributed by atoms with Gasteiger partial charge in [-0.3, -0.25) is 19.2 Å². The number of aromatic nitrogens is 3. The summed E-state index contributed by atoms with van der Waals surface area (Å²) >= 11 is 1.34. The number of anilines is 3. The number of benzene rings is 2. The van der Waals surface area contributed by atoms with E-state index in [-0.39, 0.29) is 30.0 Å². The van der Waals surface area contributed by atoms with Crippen LogP contribution in [0, 0.1) is 0 Å². The molecule has 0 saturated heterocycles. The van der Waals surface area contributed by atoms with Gasteiger partial charge in [-0.1, -0.05) is 0 Å². The van der Waals surface area contributed by atoms with Crippen molar-refractivity contribution in [1.82, 2.24) is 19.4 Å². The molecule has 0 aliphatic heterocycles. The third-order valence-electron chi connectivity index (χ3n) is 6.93. The van der Waals surface area contributed by atoms with Gasteiger partial charge in [0.2, 0.25) is 11.7 Å². The average Bonchev–Trinajstić information content (AvgIpc) is 3.68. The number of hydrogen-bond donors (Lipinski definition) is 4. The zero-order valence-electron chi connectivity index (χ0n) is 25.5. The number of aryl methyl sites for hydroxylation is 1. The fourth-order valence-corrected chi connectivity index (χ4v) is 5.78. The van der Waals surface area contributed by atoms with E-state index >= 15 is 0 Å². The highest BCUT2D eigenvalue weighted by Gasteiger charge is 2.17. The van der Waals surface area contributed by atoms with Crippen molar-refractivity contribution < 1.29 is 23.9 Å². The molecule has 5 aromatic rings. The lowest BCUT2D eigenvalue weighted by atomic mass is 10.2. The second kappa shape index (κ2) is 13.7. The van der Waals surface area contributed by atoms with Crippen molar-refractivity contribution in [3.63, 3.8) is 0 Å². The monoisotopic (exact) mass is 629 g/mol. The van der Waals surface area contributed by atoms with Crippen molar-refractivity contribution in [3.8, 4) is 0 Å². The van der Waals surface area contributed by atoms with Crippen LogP contribution in [0.15, 0.2) is 54.7 Å². The summed E-state index contributed by atoms with van der Waals surface area (Å²) in [6.07, 6.45) is 2.82. The Bertz CT molecular complexity index is 1890. The van der Waals surface area contributed by atoms with E-state index in [4.69, 9.17) is 4.74 Å². The highest BCUT2D eigenvalue weighted by atomic mass is 32.1. The molecule has 3 heterocycles. The third-order valence-corrected chi connectivity index (χ3v) is 8.04. The van der Waals surface area contributed by atoms with Crippen LogP contribution in [0.3, 0.4) is 0 Å². The van der Waals surface area contributed by atoms with E-state index < -0.39 is 5.91 Å². The van der Waals surface area contributed by atoms with Crippen LogP contribution in [0.5, 0.6) is 0 Å². The van der Waals surface area contributed by atoms with Crippen LogP contribution in [0.25, 0.3) is 21.0 Å². The second-order valence-electron chi connectivity index (χ2n) is 10.9. The smallest absolute Gasteiger partial charge is 0.311 e. The topological polar surface area (TPSA) is 150 Å². The van der Waals surface area contributed by atoms with Gasteiger partial charge in [-0.25, -0.2) is 4.98 Å². The number of imidazole rings is 1.